The van der Waals surface area contributed by atoms with E-state index in [1.165, 1.54) is 36.3 Å². The number of carboxylic acid groups (broad SMARTS) is 1. The predicted molar refractivity (Wildman–Crippen MR) is 115 cm³/mol. The van der Waals surface area contributed by atoms with Gasteiger partial charge in [0.05, 0.1) is 24.0 Å². The lowest BCUT2D eigenvalue weighted by atomic mass is 10.2. The maximum absolute atomic E-state index is 13.4. The van der Waals surface area contributed by atoms with E-state index >= 15 is 0 Å². The first-order valence-electron chi connectivity index (χ1n) is 9.42. The number of hydrogen-bond acceptors (Lipinski definition) is 6. The molecule has 1 N–H and O–H groups in total. The molecule has 0 radical (unpaired) electrons. The van der Waals surface area contributed by atoms with E-state index in [9.17, 15) is 14.4 Å². The van der Waals surface area contributed by atoms with E-state index in [1.54, 1.807) is 54.6 Å². The van der Waals surface area contributed by atoms with Crippen molar-refractivity contribution in [1.82, 2.24) is 19.8 Å². The van der Waals surface area contributed by atoms with Crippen molar-refractivity contribution in [2.45, 2.75) is 0 Å². The Kier molecular flexibility index (Phi) is 5.49. The van der Waals surface area contributed by atoms with Crippen molar-refractivity contribution in [3.8, 4) is 11.4 Å². The van der Waals surface area contributed by atoms with Crippen LogP contribution in [0.3, 0.4) is 0 Å². The lowest BCUT2D eigenvalue weighted by molar-refractivity contribution is 0.0697. The predicted octanol–water partition coefficient (Wildman–Crippen LogP) is 2.94. The summed E-state index contributed by atoms with van der Waals surface area (Å²) in [4.78, 5) is 38.8. The van der Waals surface area contributed by atoms with Gasteiger partial charge in [0.15, 0.2) is 0 Å². The van der Waals surface area contributed by atoms with Crippen molar-refractivity contribution in [2.75, 3.05) is 12.0 Å². The van der Waals surface area contributed by atoms with E-state index in [0.717, 1.165) is 4.68 Å². The molecular weight excluding hydrogens is 414 g/mol. The molecule has 1 amide bonds. The standard InChI is InChI=1S/C22H17N5O5/c1-32-19-10-6-5-9-18(19)26-22(31)27(24-23-26)21(30)25(16-7-3-2-4-8-16)17-13-11-15(12-14-17)20(28)29/h2-14H,1H3,(H,28,29). The first-order valence-corrected chi connectivity index (χ1v) is 9.42. The Hall–Kier alpha value is -4.73. The number of methoxy groups -OCH3 is 1. The van der Waals surface area contributed by atoms with E-state index < -0.39 is 17.7 Å². The molecule has 0 spiro atoms. The zero-order valence-corrected chi connectivity index (χ0v) is 16.8. The molecule has 0 atom stereocenters. The number of carbonyl (C=O) groups is 2. The van der Waals surface area contributed by atoms with Gasteiger partial charge in [0.1, 0.15) is 11.4 Å². The fourth-order valence-electron chi connectivity index (χ4n) is 3.12. The van der Waals surface area contributed by atoms with E-state index in [0.29, 0.717) is 27.5 Å². The Morgan fingerprint density at radius 3 is 2.16 bits per heavy atom. The Bertz CT molecular complexity index is 1330. The molecule has 0 aliphatic heterocycles. The minimum absolute atomic E-state index is 0.0634. The van der Waals surface area contributed by atoms with E-state index in [2.05, 4.69) is 10.4 Å². The summed E-state index contributed by atoms with van der Waals surface area (Å²) in [7, 11) is 1.46. The van der Waals surface area contributed by atoms with Crippen LogP contribution in [0.5, 0.6) is 5.75 Å². The molecule has 0 saturated heterocycles. The van der Waals surface area contributed by atoms with Gasteiger partial charge in [0, 0.05) is 0 Å². The second kappa shape index (κ2) is 8.56. The smallest absolute Gasteiger partial charge is 0.377 e. The van der Waals surface area contributed by atoms with Crippen LogP contribution < -0.4 is 15.3 Å². The number of aromatic nitrogens is 4. The molecule has 10 nitrogen and oxygen atoms in total. The maximum Gasteiger partial charge on any atom is 0.377 e. The number of benzene rings is 3. The van der Waals surface area contributed by atoms with Crippen molar-refractivity contribution < 1.29 is 19.4 Å². The number of ether oxygens (including phenoxy) is 1. The van der Waals surface area contributed by atoms with E-state index in [1.807, 2.05) is 0 Å². The van der Waals surface area contributed by atoms with Gasteiger partial charge in [0.25, 0.3) is 0 Å². The topological polar surface area (TPSA) is 120 Å². The fraction of sp³-hybridized carbons (Fsp3) is 0.0455. The first-order chi connectivity index (χ1) is 15.5. The summed E-state index contributed by atoms with van der Waals surface area (Å²) in [6, 6.07) is 20.2. The molecule has 1 aromatic heterocycles. The van der Waals surface area contributed by atoms with Crippen LogP contribution in [0.15, 0.2) is 83.7 Å². The molecule has 0 aliphatic rings. The number of hydrogen-bond donors (Lipinski definition) is 1. The SMILES string of the molecule is COc1ccccc1-n1nnn(C(=O)N(c2ccccc2)c2ccc(C(=O)O)cc2)c1=O. The average Bonchev–Trinajstić information content (AvgIpc) is 3.21. The summed E-state index contributed by atoms with van der Waals surface area (Å²) < 4.78 is 6.86. The number of aromatic carboxylic acids is 1. The van der Waals surface area contributed by atoms with Gasteiger partial charge in [0.2, 0.25) is 0 Å². The lowest BCUT2D eigenvalue weighted by Crippen LogP contribution is -2.38. The Morgan fingerprint density at radius 1 is 0.875 bits per heavy atom. The molecule has 0 saturated carbocycles. The molecule has 0 bridgehead atoms. The highest BCUT2D eigenvalue weighted by Gasteiger charge is 2.25. The summed E-state index contributed by atoms with van der Waals surface area (Å²) in [6.07, 6.45) is 0. The zero-order chi connectivity index (χ0) is 22.7. The minimum Gasteiger partial charge on any atom is -0.494 e. The zero-order valence-electron chi connectivity index (χ0n) is 16.8. The first kappa shape index (κ1) is 20.5. The summed E-state index contributed by atoms with van der Waals surface area (Å²) in [5.74, 6) is -0.705. The third kappa shape index (κ3) is 3.72. The van der Waals surface area contributed by atoms with Gasteiger partial charge in [-0.3, -0.25) is 4.90 Å². The van der Waals surface area contributed by atoms with Crippen LogP contribution in [-0.4, -0.2) is 44.0 Å². The lowest BCUT2D eigenvalue weighted by Gasteiger charge is -2.21. The molecule has 0 aliphatic carbocycles. The quantitative estimate of drug-likeness (QED) is 0.483. The molecule has 160 valence electrons. The van der Waals surface area contributed by atoms with Crippen LogP contribution in [0.25, 0.3) is 5.69 Å². The Morgan fingerprint density at radius 2 is 1.50 bits per heavy atom. The van der Waals surface area contributed by atoms with Crippen LogP contribution >= 0.6 is 0 Å². The highest BCUT2D eigenvalue weighted by molar-refractivity contribution is 6.00. The van der Waals surface area contributed by atoms with Gasteiger partial charge in [-0.2, -0.15) is 4.68 Å². The summed E-state index contributed by atoms with van der Waals surface area (Å²) in [6.45, 7) is 0. The molecule has 0 fully saturated rings. The van der Waals surface area contributed by atoms with Gasteiger partial charge >= 0.3 is 17.7 Å². The molecule has 10 heteroatoms. The molecule has 3 aromatic carbocycles. The number of tetrazole rings is 1. The average molecular weight is 431 g/mol. The number of amides is 1. The van der Waals surface area contributed by atoms with Gasteiger partial charge in [-0.1, -0.05) is 30.3 Å². The molecule has 1 heterocycles. The van der Waals surface area contributed by atoms with Crippen LogP contribution in [0.4, 0.5) is 16.2 Å². The van der Waals surface area contributed by atoms with Crippen molar-refractivity contribution in [2.24, 2.45) is 0 Å². The van der Waals surface area contributed by atoms with Crippen molar-refractivity contribution >= 4 is 23.4 Å². The monoisotopic (exact) mass is 431 g/mol. The second-order valence-electron chi connectivity index (χ2n) is 6.56. The highest BCUT2D eigenvalue weighted by atomic mass is 16.5. The van der Waals surface area contributed by atoms with E-state index in [-0.39, 0.29) is 5.56 Å². The van der Waals surface area contributed by atoms with Gasteiger partial charge in [-0.05, 0) is 59.0 Å². The summed E-state index contributed by atoms with van der Waals surface area (Å²) >= 11 is 0. The number of carboxylic acids is 1. The number of carbonyl (C=O) groups excluding carboxylic acids is 1. The van der Waals surface area contributed by atoms with Crippen molar-refractivity contribution in [3.05, 3.63) is 94.9 Å². The van der Waals surface area contributed by atoms with Crippen LogP contribution in [0.2, 0.25) is 0 Å². The van der Waals surface area contributed by atoms with Crippen molar-refractivity contribution in [1.29, 1.82) is 0 Å². The fourth-order valence-corrected chi connectivity index (χ4v) is 3.12. The normalized spacial score (nSPS) is 10.5. The third-order valence-corrected chi connectivity index (χ3v) is 4.65. The second-order valence-corrected chi connectivity index (χ2v) is 6.56. The maximum atomic E-state index is 13.4. The molecule has 32 heavy (non-hydrogen) atoms. The number of nitrogens with zero attached hydrogens (tertiary/aromatic N) is 5. The van der Waals surface area contributed by atoms with Gasteiger partial charge < -0.3 is 9.84 Å². The van der Waals surface area contributed by atoms with E-state index in [4.69, 9.17) is 9.84 Å². The van der Waals surface area contributed by atoms with Gasteiger partial charge in [-0.25, -0.2) is 14.4 Å². The number of anilines is 2. The highest BCUT2D eigenvalue weighted by Crippen LogP contribution is 2.26. The number of para-hydroxylation sites is 3. The molecule has 4 aromatic rings. The molecule has 0 unspecified atom stereocenters. The van der Waals surface area contributed by atoms with Crippen LogP contribution in [-0.2, 0) is 0 Å². The largest absolute Gasteiger partial charge is 0.494 e. The van der Waals surface area contributed by atoms with Crippen LogP contribution in [0.1, 0.15) is 10.4 Å². The Labute approximate surface area is 181 Å². The minimum atomic E-state index is -1.09. The van der Waals surface area contributed by atoms with Gasteiger partial charge in [-0.15, -0.1) is 4.68 Å². The number of rotatable bonds is 5. The molecular formula is C22H17N5O5. The Balaban J connectivity index is 1.80. The summed E-state index contributed by atoms with van der Waals surface area (Å²) in [5, 5.41) is 16.7. The third-order valence-electron chi connectivity index (χ3n) is 4.65. The summed E-state index contributed by atoms with van der Waals surface area (Å²) in [5.41, 5.74) is 0.413. The molecule has 4 rings (SSSR count). The van der Waals surface area contributed by atoms with Crippen molar-refractivity contribution in [3.63, 3.8) is 0 Å². The van der Waals surface area contributed by atoms with Crippen LogP contribution in [0, 0.1) is 0 Å².